The Morgan fingerprint density at radius 3 is 2.47 bits per heavy atom. The molecule has 2 heterocycles. The summed E-state index contributed by atoms with van der Waals surface area (Å²) in [7, 11) is 0. The molecule has 0 unspecified atom stereocenters. The number of amides is 1. The van der Waals surface area contributed by atoms with E-state index < -0.39 is 23.9 Å². The highest BCUT2D eigenvalue weighted by Gasteiger charge is 2.29. The average molecular weight is 427 g/mol. The van der Waals surface area contributed by atoms with Gasteiger partial charge >= 0.3 is 11.9 Å². The fourth-order valence-electron chi connectivity index (χ4n) is 2.86. The van der Waals surface area contributed by atoms with Crippen LogP contribution >= 0.6 is 11.3 Å². The molecule has 1 amide bonds. The molecular formula is C22H21NO6S. The number of ether oxygens (including phenoxy) is 2. The Hall–Kier alpha value is -3.39. The van der Waals surface area contributed by atoms with Gasteiger partial charge in [-0.1, -0.05) is 30.3 Å². The van der Waals surface area contributed by atoms with Crippen LogP contribution in [-0.4, -0.2) is 24.5 Å². The van der Waals surface area contributed by atoms with Crippen molar-refractivity contribution < 1.29 is 28.3 Å². The minimum Gasteiger partial charge on any atom is -0.462 e. The molecule has 156 valence electrons. The molecule has 7 nitrogen and oxygen atoms in total. The van der Waals surface area contributed by atoms with Crippen LogP contribution in [0.1, 0.15) is 41.6 Å². The van der Waals surface area contributed by atoms with Crippen LogP contribution in [0.3, 0.4) is 0 Å². The van der Waals surface area contributed by atoms with Gasteiger partial charge in [0.25, 0.3) is 5.91 Å². The third-order valence-electron chi connectivity index (χ3n) is 4.14. The number of thiophene rings is 1. The summed E-state index contributed by atoms with van der Waals surface area (Å²) < 4.78 is 16.1. The summed E-state index contributed by atoms with van der Waals surface area (Å²) >= 11 is 1.16. The Kier molecular flexibility index (Phi) is 6.68. The third kappa shape index (κ3) is 4.77. The number of benzene rings is 1. The predicted octanol–water partition coefficient (Wildman–Crippen LogP) is 4.74. The Morgan fingerprint density at radius 1 is 1.13 bits per heavy atom. The van der Waals surface area contributed by atoms with Crippen LogP contribution in [0.5, 0.6) is 0 Å². The lowest BCUT2D eigenvalue weighted by molar-refractivity contribution is -0.152. The van der Waals surface area contributed by atoms with Crippen LogP contribution in [0.25, 0.3) is 11.3 Å². The summed E-state index contributed by atoms with van der Waals surface area (Å²) in [5.41, 5.74) is 1.23. The Bertz CT molecular complexity index is 1050. The van der Waals surface area contributed by atoms with Crippen molar-refractivity contribution in [1.82, 2.24) is 0 Å². The zero-order chi connectivity index (χ0) is 21.7. The fraction of sp³-hybridized carbons (Fsp3) is 0.227. The van der Waals surface area contributed by atoms with E-state index in [0.717, 1.165) is 11.3 Å². The van der Waals surface area contributed by atoms with Crippen molar-refractivity contribution in [2.45, 2.75) is 26.9 Å². The smallest absolute Gasteiger partial charge is 0.341 e. The number of rotatable bonds is 7. The van der Waals surface area contributed by atoms with E-state index in [4.69, 9.17) is 13.9 Å². The molecule has 3 rings (SSSR count). The first kappa shape index (κ1) is 21.3. The molecule has 30 heavy (non-hydrogen) atoms. The zero-order valence-electron chi connectivity index (χ0n) is 16.8. The van der Waals surface area contributed by atoms with E-state index in [2.05, 4.69) is 5.32 Å². The number of hydrogen-bond acceptors (Lipinski definition) is 7. The average Bonchev–Trinajstić information content (AvgIpc) is 3.32. The summed E-state index contributed by atoms with van der Waals surface area (Å²) in [5, 5.41) is 4.71. The van der Waals surface area contributed by atoms with Crippen molar-refractivity contribution in [2.24, 2.45) is 0 Å². The van der Waals surface area contributed by atoms with Gasteiger partial charge < -0.3 is 19.2 Å². The second-order valence-electron chi connectivity index (χ2n) is 6.37. The molecule has 3 aromatic rings. The van der Waals surface area contributed by atoms with Crippen molar-refractivity contribution >= 4 is 34.2 Å². The van der Waals surface area contributed by atoms with Gasteiger partial charge in [-0.05, 0) is 26.0 Å². The van der Waals surface area contributed by atoms with E-state index in [1.807, 2.05) is 0 Å². The summed E-state index contributed by atoms with van der Waals surface area (Å²) in [6.07, 6.45) is -1.16. The Balaban J connectivity index is 1.96. The van der Waals surface area contributed by atoms with Gasteiger partial charge in [-0.15, -0.1) is 11.3 Å². The number of aryl methyl sites for hydroxylation is 1. The molecular weight excluding hydrogens is 406 g/mol. The quantitative estimate of drug-likeness (QED) is 0.548. The molecule has 0 radical (unpaired) electrons. The molecule has 8 heteroatoms. The molecule has 0 saturated heterocycles. The Morgan fingerprint density at radius 2 is 1.87 bits per heavy atom. The first-order valence-corrected chi connectivity index (χ1v) is 10.2. The molecule has 0 aliphatic rings. The first-order valence-electron chi connectivity index (χ1n) is 9.29. The van der Waals surface area contributed by atoms with Gasteiger partial charge in [0, 0.05) is 23.4 Å². The predicted molar refractivity (Wildman–Crippen MR) is 112 cm³/mol. The highest BCUT2D eigenvalue weighted by Crippen LogP contribution is 2.37. The highest BCUT2D eigenvalue weighted by atomic mass is 32.1. The van der Waals surface area contributed by atoms with Gasteiger partial charge in [0.2, 0.25) is 6.10 Å². The highest BCUT2D eigenvalue weighted by molar-refractivity contribution is 7.15. The van der Waals surface area contributed by atoms with Crippen LogP contribution in [0.15, 0.2) is 52.3 Å². The topological polar surface area (TPSA) is 94.8 Å². The lowest BCUT2D eigenvalue weighted by Gasteiger charge is -2.17. The summed E-state index contributed by atoms with van der Waals surface area (Å²) in [6.45, 7) is 4.91. The molecule has 1 N–H and O–H groups in total. The maximum absolute atomic E-state index is 13.0. The molecule has 1 atom stereocenters. The summed E-state index contributed by atoms with van der Waals surface area (Å²) in [4.78, 5) is 37.2. The second kappa shape index (κ2) is 9.41. The molecule has 0 aliphatic carbocycles. The van der Waals surface area contributed by atoms with Crippen molar-refractivity contribution in [3.05, 3.63) is 64.7 Å². The summed E-state index contributed by atoms with van der Waals surface area (Å²) in [5.74, 6) is -0.571. The van der Waals surface area contributed by atoms with E-state index in [-0.39, 0.29) is 17.2 Å². The number of esters is 2. The molecule has 0 aliphatic heterocycles. The molecule has 1 aromatic carbocycles. The number of carbonyl (C=O) groups excluding carboxylic acids is 3. The van der Waals surface area contributed by atoms with Gasteiger partial charge in [0.15, 0.2) is 0 Å². The Labute approximate surface area is 177 Å². The van der Waals surface area contributed by atoms with E-state index in [9.17, 15) is 14.4 Å². The molecule has 0 saturated carbocycles. The first-order chi connectivity index (χ1) is 14.4. The molecule has 0 bridgehead atoms. The van der Waals surface area contributed by atoms with Crippen LogP contribution in [-0.2, 0) is 19.1 Å². The minimum absolute atomic E-state index is 0.179. The number of nitrogens with one attached hydrogen (secondary N) is 1. The zero-order valence-corrected chi connectivity index (χ0v) is 17.6. The summed E-state index contributed by atoms with van der Waals surface area (Å²) in [6, 6.07) is 12.2. The second-order valence-corrected chi connectivity index (χ2v) is 7.25. The largest absolute Gasteiger partial charge is 0.462 e. The van der Waals surface area contributed by atoms with Crippen LogP contribution in [0.4, 0.5) is 5.00 Å². The fourth-order valence-corrected chi connectivity index (χ4v) is 3.80. The van der Waals surface area contributed by atoms with Crippen molar-refractivity contribution in [3.8, 4) is 11.3 Å². The molecule has 0 fully saturated rings. The number of carbonyl (C=O) groups is 3. The number of anilines is 1. The van der Waals surface area contributed by atoms with E-state index >= 15 is 0 Å². The third-order valence-corrected chi connectivity index (χ3v) is 5.03. The normalized spacial score (nSPS) is 11.6. The van der Waals surface area contributed by atoms with Gasteiger partial charge in [-0.2, -0.15) is 0 Å². The number of furan rings is 1. The maximum atomic E-state index is 13.0. The standard InChI is InChI=1S/C22H21NO6S/c1-4-27-22(26)18-16(17-11-10-13(2)28-17)12-30-21(18)23-20(25)19(29-14(3)24)15-8-6-5-7-9-15/h5-12,19H,4H2,1-3H3,(H,23,25)/t19-/m0/s1. The van der Waals surface area contributed by atoms with Gasteiger partial charge in [0.1, 0.15) is 22.1 Å². The lowest BCUT2D eigenvalue weighted by atomic mass is 10.1. The molecule has 2 aromatic heterocycles. The maximum Gasteiger partial charge on any atom is 0.341 e. The van der Waals surface area contributed by atoms with Gasteiger partial charge in [-0.3, -0.25) is 9.59 Å². The van der Waals surface area contributed by atoms with Crippen molar-refractivity contribution in [3.63, 3.8) is 0 Å². The van der Waals surface area contributed by atoms with E-state index in [0.29, 0.717) is 22.6 Å². The lowest BCUT2D eigenvalue weighted by Crippen LogP contribution is -2.25. The van der Waals surface area contributed by atoms with Crippen LogP contribution in [0.2, 0.25) is 0 Å². The van der Waals surface area contributed by atoms with Gasteiger partial charge in [-0.25, -0.2) is 4.79 Å². The van der Waals surface area contributed by atoms with E-state index in [1.165, 1.54) is 6.92 Å². The van der Waals surface area contributed by atoms with E-state index in [1.54, 1.807) is 61.7 Å². The monoisotopic (exact) mass is 427 g/mol. The number of hydrogen-bond donors (Lipinski definition) is 1. The SMILES string of the molecule is CCOC(=O)c1c(-c2ccc(C)o2)csc1NC(=O)[C@@H](OC(C)=O)c1ccccc1. The molecule has 0 spiro atoms. The van der Waals surface area contributed by atoms with Crippen molar-refractivity contribution in [2.75, 3.05) is 11.9 Å². The minimum atomic E-state index is -1.16. The van der Waals surface area contributed by atoms with Crippen molar-refractivity contribution in [1.29, 1.82) is 0 Å². The van der Waals surface area contributed by atoms with Crippen LogP contribution in [0, 0.1) is 6.92 Å². The van der Waals surface area contributed by atoms with Gasteiger partial charge in [0.05, 0.1) is 6.61 Å². The van der Waals surface area contributed by atoms with Crippen LogP contribution < -0.4 is 5.32 Å².